The third-order valence-electron chi connectivity index (χ3n) is 3.19. The van der Waals surface area contributed by atoms with Crippen molar-refractivity contribution >= 4 is 5.91 Å². The van der Waals surface area contributed by atoms with Crippen LogP contribution in [0.25, 0.3) is 0 Å². The Kier molecular flexibility index (Phi) is 4.63. The van der Waals surface area contributed by atoms with Crippen LogP contribution in [-0.2, 0) is 11.3 Å². The van der Waals surface area contributed by atoms with E-state index >= 15 is 0 Å². The fourth-order valence-corrected chi connectivity index (χ4v) is 1.84. The predicted octanol–water partition coefficient (Wildman–Crippen LogP) is 1.41. The molecule has 1 heterocycles. The van der Waals surface area contributed by atoms with E-state index in [2.05, 4.69) is 5.32 Å². The van der Waals surface area contributed by atoms with Crippen LogP contribution >= 0.6 is 0 Å². The number of carbonyl (C=O) groups excluding carboxylic acids is 1. The zero-order valence-corrected chi connectivity index (χ0v) is 11.1. The van der Waals surface area contributed by atoms with Crippen molar-refractivity contribution in [2.45, 2.75) is 26.3 Å². The molecule has 104 valence electrons. The molecule has 1 aliphatic heterocycles. The Morgan fingerprint density at radius 1 is 1.42 bits per heavy atom. The molecule has 0 bridgehead atoms. The van der Waals surface area contributed by atoms with E-state index in [9.17, 15) is 4.79 Å². The largest absolute Gasteiger partial charge is 0.454 e. The molecule has 3 N–H and O–H groups in total. The Hall–Kier alpha value is -1.75. The predicted molar refractivity (Wildman–Crippen MR) is 71.9 cm³/mol. The van der Waals surface area contributed by atoms with Gasteiger partial charge in [-0.05, 0) is 36.6 Å². The highest BCUT2D eigenvalue weighted by molar-refractivity contribution is 5.75. The van der Waals surface area contributed by atoms with Gasteiger partial charge in [0.15, 0.2) is 11.5 Å². The number of ether oxygens (including phenoxy) is 2. The van der Waals surface area contributed by atoms with Gasteiger partial charge in [0.1, 0.15) is 0 Å². The first kappa shape index (κ1) is 13.7. The first-order chi connectivity index (χ1) is 9.19. The molecule has 1 atom stereocenters. The summed E-state index contributed by atoms with van der Waals surface area (Å²) in [5, 5.41) is 2.89. The highest BCUT2D eigenvalue weighted by atomic mass is 16.7. The lowest BCUT2D eigenvalue weighted by Crippen LogP contribution is -2.23. The van der Waals surface area contributed by atoms with E-state index < -0.39 is 0 Å². The van der Waals surface area contributed by atoms with Gasteiger partial charge in [0.25, 0.3) is 0 Å². The smallest absolute Gasteiger partial charge is 0.231 e. The number of nitrogens with two attached hydrogens (primary N) is 1. The molecule has 0 spiro atoms. The highest BCUT2D eigenvalue weighted by Gasteiger charge is 2.13. The van der Waals surface area contributed by atoms with Crippen molar-refractivity contribution in [2.24, 2.45) is 11.7 Å². The first-order valence-electron chi connectivity index (χ1n) is 6.54. The zero-order chi connectivity index (χ0) is 13.7. The van der Waals surface area contributed by atoms with E-state index in [-0.39, 0.29) is 12.7 Å². The number of rotatable bonds is 6. The molecule has 1 aromatic rings. The van der Waals surface area contributed by atoms with Crippen LogP contribution in [0.5, 0.6) is 11.5 Å². The van der Waals surface area contributed by atoms with Crippen molar-refractivity contribution < 1.29 is 14.3 Å². The van der Waals surface area contributed by atoms with Gasteiger partial charge in [0.2, 0.25) is 12.7 Å². The molecule has 5 nitrogen and oxygen atoms in total. The zero-order valence-electron chi connectivity index (χ0n) is 11.1. The van der Waals surface area contributed by atoms with Gasteiger partial charge in [-0.2, -0.15) is 0 Å². The Morgan fingerprint density at radius 3 is 3.00 bits per heavy atom. The summed E-state index contributed by atoms with van der Waals surface area (Å²) < 4.78 is 10.5. The molecular weight excluding hydrogens is 244 g/mol. The van der Waals surface area contributed by atoms with E-state index in [0.717, 1.165) is 23.5 Å². The molecule has 1 amide bonds. The number of amides is 1. The Bertz CT molecular complexity index is 448. The average Bonchev–Trinajstić information content (AvgIpc) is 2.89. The molecule has 0 aliphatic carbocycles. The summed E-state index contributed by atoms with van der Waals surface area (Å²) in [6.45, 7) is 3.44. The number of carbonyl (C=O) groups is 1. The molecular formula is C14H20N2O3. The molecule has 0 saturated heterocycles. The van der Waals surface area contributed by atoms with Gasteiger partial charge in [-0.15, -0.1) is 0 Å². The molecule has 1 aromatic carbocycles. The topological polar surface area (TPSA) is 73.6 Å². The SMILES string of the molecule is CC(CN)CCC(=O)NCc1ccc2c(c1)OCO2. The second-order valence-corrected chi connectivity index (χ2v) is 4.84. The molecule has 1 unspecified atom stereocenters. The summed E-state index contributed by atoms with van der Waals surface area (Å²) in [7, 11) is 0. The summed E-state index contributed by atoms with van der Waals surface area (Å²) in [6.07, 6.45) is 1.34. The summed E-state index contributed by atoms with van der Waals surface area (Å²) >= 11 is 0. The van der Waals surface area contributed by atoms with E-state index in [1.807, 2.05) is 25.1 Å². The van der Waals surface area contributed by atoms with Crippen molar-refractivity contribution in [1.29, 1.82) is 0 Å². The summed E-state index contributed by atoms with van der Waals surface area (Å²) in [6, 6.07) is 5.68. The van der Waals surface area contributed by atoms with E-state index in [1.54, 1.807) is 0 Å². The van der Waals surface area contributed by atoms with Gasteiger partial charge < -0.3 is 20.5 Å². The second-order valence-electron chi connectivity index (χ2n) is 4.84. The fourth-order valence-electron chi connectivity index (χ4n) is 1.84. The van der Waals surface area contributed by atoms with Crippen LogP contribution in [0.2, 0.25) is 0 Å². The first-order valence-corrected chi connectivity index (χ1v) is 6.54. The third-order valence-corrected chi connectivity index (χ3v) is 3.19. The maximum absolute atomic E-state index is 11.7. The molecule has 5 heteroatoms. The highest BCUT2D eigenvalue weighted by Crippen LogP contribution is 2.32. The lowest BCUT2D eigenvalue weighted by atomic mass is 10.1. The minimum absolute atomic E-state index is 0.0537. The summed E-state index contributed by atoms with van der Waals surface area (Å²) in [4.78, 5) is 11.7. The van der Waals surface area contributed by atoms with Crippen LogP contribution in [0, 0.1) is 5.92 Å². The number of fused-ring (bicyclic) bond motifs is 1. The van der Waals surface area contributed by atoms with E-state index in [4.69, 9.17) is 15.2 Å². The third kappa shape index (κ3) is 3.86. The van der Waals surface area contributed by atoms with Gasteiger partial charge >= 0.3 is 0 Å². The molecule has 0 aromatic heterocycles. The molecule has 1 aliphatic rings. The normalized spacial score (nSPS) is 14.2. The van der Waals surface area contributed by atoms with Crippen LogP contribution in [-0.4, -0.2) is 19.2 Å². The van der Waals surface area contributed by atoms with Gasteiger partial charge in [-0.3, -0.25) is 4.79 Å². The monoisotopic (exact) mass is 264 g/mol. The molecule has 0 fully saturated rings. The molecule has 19 heavy (non-hydrogen) atoms. The quantitative estimate of drug-likeness (QED) is 0.814. The minimum atomic E-state index is 0.0537. The van der Waals surface area contributed by atoms with Gasteiger partial charge in [0.05, 0.1) is 0 Å². The summed E-state index contributed by atoms with van der Waals surface area (Å²) in [5.74, 6) is 1.93. The van der Waals surface area contributed by atoms with Gasteiger partial charge in [-0.25, -0.2) is 0 Å². The maximum atomic E-state index is 11.7. The van der Waals surface area contributed by atoms with Crippen LogP contribution < -0.4 is 20.5 Å². The molecule has 2 rings (SSSR count). The standard InChI is InChI=1S/C14H20N2O3/c1-10(7-15)2-5-14(17)16-8-11-3-4-12-13(6-11)19-9-18-12/h3-4,6,10H,2,5,7-9,15H2,1H3,(H,16,17). The lowest BCUT2D eigenvalue weighted by Gasteiger charge is -2.09. The number of hydrogen-bond acceptors (Lipinski definition) is 4. The van der Waals surface area contributed by atoms with Crippen molar-refractivity contribution in [2.75, 3.05) is 13.3 Å². The van der Waals surface area contributed by atoms with Crippen molar-refractivity contribution in [1.82, 2.24) is 5.32 Å². The Balaban J connectivity index is 1.77. The molecule has 0 radical (unpaired) electrons. The fraction of sp³-hybridized carbons (Fsp3) is 0.500. The Morgan fingerprint density at radius 2 is 2.21 bits per heavy atom. The number of hydrogen-bond donors (Lipinski definition) is 2. The van der Waals surface area contributed by atoms with Crippen LogP contribution in [0.3, 0.4) is 0 Å². The van der Waals surface area contributed by atoms with Crippen LogP contribution in [0.4, 0.5) is 0 Å². The Labute approximate surface area is 113 Å². The minimum Gasteiger partial charge on any atom is -0.454 e. The van der Waals surface area contributed by atoms with E-state index in [1.165, 1.54) is 0 Å². The van der Waals surface area contributed by atoms with Crippen molar-refractivity contribution in [3.8, 4) is 11.5 Å². The van der Waals surface area contributed by atoms with Gasteiger partial charge in [-0.1, -0.05) is 13.0 Å². The van der Waals surface area contributed by atoms with Crippen LogP contribution in [0.1, 0.15) is 25.3 Å². The summed E-state index contributed by atoms with van der Waals surface area (Å²) in [5.41, 5.74) is 6.52. The number of benzene rings is 1. The van der Waals surface area contributed by atoms with E-state index in [0.29, 0.717) is 25.4 Å². The number of nitrogens with one attached hydrogen (secondary N) is 1. The molecule has 0 saturated carbocycles. The lowest BCUT2D eigenvalue weighted by molar-refractivity contribution is -0.121. The van der Waals surface area contributed by atoms with Crippen molar-refractivity contribution in [3.05, 3.63) is 23.8 Å². The second kappa shape index (κ2) is 6.43. The van der Waals surface area contributed by atoms with Gasteiger partial charge in [0, 0.05) is 13.0 Å². The maximum Gasteiger partial charge on any atom is 0.231 e. The average molecular weight is 264 g/mol. The van der Waals surface area contributed by atoms with Crippen LogP contribution in [0.15, 0.2) is 18.2 Å². The van der Waals surface area contributed by atoms with Crippen molar-refractivity contribution in [3.63, 3.8) is 0 Å².